The SMILES string of the molecule is Cc1ccc(/C=C2\SC(=Nc3ccccc3)N(C)C2=O)n1-c1ccccc1. The Morgan fingerprint density at radius 3 is 2.30 bits per heavy atom. The molecule has 3 aromatic rings. The van der Waals surface area contributed by atoms with Crippen LogP contribution in [0.5, 0.6) is 0 Å². The van der Waals surface area contributed by atoms with E-state index in [0.717, 1.165) is 22.8 Å². The first-order chi connectivity index (χ1) is 13.1. The number of amidine groups is 1. The van der Waals surface area contributed by atoms with E-state index in [0.29, 0.717) is 10.1 Å². The van der Waals surface area contributed by atoms with Crippen molar-refractivity contribution in [3.8, 4) is 5.69 Å². The minimum absolute atomic E-state index is 0.0341. The van der Waals surface area contributed by atoms with Crippen LogP contribution in [0.15, 0.2) is 82.7 Å². The molecule has 2 aromatic carbocycles. The number of nitrogens with zero attached hydrogens (tertiary/aromatic N) is 3. The molecule has 1 fully saturated rings. The number of thioether (sulfide) groups is 1. The minimum atomic E-state index is -0.0341. The number of carbonyl (C=O) groups is 1. The molecule has 4 rings (SSSR count). The number of carbonyl (C=O) groups excluding carboxylic acids is 1. The second-order valence-corrected chi connectivity index (χ2v) is 7.28. The maximum absolute atomic E-state index is 12.7. The maximum Gasteiger partial charge on any atom is 0.266 e. The third kappa shape index (κ3) is 3.46. The lowest BCUT2D eigenvalue weighted by molar-refractivity contribution is -0.121. The van der Waals surface area contributed by atoms with Crippen LogP contribution in [-0.2, 0) is 4.79 Å². The van der Waals surface area contributed by atoms with Gasteiger partial charge < -0.3 is 4.57 Å². The molecule has 2 heterocycles. The number of amides is 1. The summed E-state index contributed by atoms with van der Waals surface area (Å²) in [6, 6.07) is 23.9. The van der Waals surface area contributed by atoms with Gasteiger partial charge in [-0.15, -0.1) is 0 Å². The van der Waals surface area contributed by atoms with E-state index < -0.39 is 0 Å². The fraction of sp³-hybridized carbons (Fsp3) is 0.0909. The van der Waals surface area contributed by atoms with E-state index in [4.69, 9.17) is 0 Å². The van der Waals surface area contributed by atoms with Crippen molar-refractivity contribution in [1.29, 1.82) is 0 Å². The van der Waals surface area contributed by atoms with Gasteiger partial charge in [0.05, 0.1) is 10.6 Å². The van der Waals surface area contributed by atoms with Crippen molar-refractivity contribution in [2.75, 3.05) is 7.05 Å². The van der Waals surface area contributed by atoms with Gasteiger partial charge >= 0.3 is 0 Å². The molecule has 0 atom stereocenters. The minimum Gasteiger partial charge on any atom is -0.314 e. The zero-order valence-corrected chi connectivity index (χ0v) is 16.0. The molecule has 0 radical (unpaired) electrons. The summed E-state index contributed by atoms with van der Waals surface area (Å²) in [5, 5.41) is 0.687. The van der Waals surface area contributed by atoms with E-state index in [2.05, 4.69) is 34.7 Å². The van der Waals surface area contributed by atoms with Crippen LogP contribution in [-0.4, -0.2) is 27.6 Å². The molecule has 0 saturated carbocycles. The first kappa shape index (κ1) is 17.4. The summed E-state index contributed by atoms with van der Waals surface area (Å²) in [6.07, 6.45) is 1.94. The zero-order valence-electron chi connectivity index (χ0n) is 15.2. The first-order valence-electron chi connectivity index (χ1n) is 8.68. The molecule has 0 aliphatic carbocycles. The fourth-order valence-corrected chi connectivity index (χ4v) is 3.97. The molecule has 134 valence electrons. The van der Waals surface area contributed by atoms with Crippen LogP contribution in [0.1, 0.15) is 11.4 Å². The zero-order chi connectivity index (χ0) is 18.8. The molecule has 0 spiro atoms. The molecule has 27 heavy (non-hydrogen) atoms. The first-order valence-corrected chi connectivity index (χ1v) is 9.50. The van der Waals surface area contributed by atoms with Crippen molar-refractivity contribution in [3.05, 3.63) is 89.1 Å². The van der Waals surface area contributed by atoms with Crippen LogP contribution in [0, 0.1) is 6.92 Å². The summed E-state index contributed by atoms with van der Waals surface area (Å²) < 4.78 is 2.15. The lowest BCUT2D eigenvalue weighted by Gasteiger charge is -2.09. The molecule has 1 aromatic heterocycles. The summed E-state index contributed by atoms with van der Waals surface area (Å²) in [5.41, 5.74) is 4.01. The molecule has 0 bridgehead atoms. The van der Waals surface area contributed by atoms with Gasteiger partial charge in [0, 0.05) is 24.1 Å². The lowest BCUT2D eigenvalue weighted by atomic mass is 10.3. The van der Waals surface area contributed by atoms with Crippen molar-refractivity contribution < 1.29 is 4.79 Å². The number of rotatable bonds is 3. The molecular weight excluding hydrogens is 354 g/mol. The Kier molecular flexibility index (Phi) is 4.69. The number of hydrogen-bond acceptors (Lipinski definition) is 3. The highest BCUT2D eigenvalue weighted by Crippen LogP contribution is 2.33. The van der Waals surface area contributed by atoms with Crippen molar-refractivity contribution in [1.82, 2.24) is 9.47 Å². The second-order valence-electron chi connectivity index (χ2n) is 6.28. The van der Waals surface area contributed by atoms with Crippen LogP contribution in [0.25, 0.3) is 11.8 Å². The largest absolute Gasteiger partial charge is 0.314 e. The van der Waals surface area contributed by atoms with E-state index in [1.165, 1.54) is 11.8 Å². The number of likely N-dealkylation sites (N-methyl/N-ethyl adjacent to an activating group) is 1. The van der Waals surface area contributed by atoms with Crippen molar-refractivity contribution in [2.45, 2.75) is 6.92 Å². The number of aromatic nitrogens is 1. The number of para-hydroxylation sites is 2. The van der Waals surface area contributed by atoms with Gasteiger partial charge in [0.1, 0.15) is 0 Å². The number of hydrogen-bond donors (Lipinski definition) is 0. The van der Waals surface area contributed by atoms with Gasteiger partial charge in [0.25, 0.3) is 5.91 Å². The third-order valence-electron chi connectivity index (χ3n) is 4.38. The van der Waals surface area contributed by atoms with Crippen molar-refractivity contribution >= 4 is 34.6 Å². The monoisotopic (exact) mass is 373 g/mol. The molecule has 1 saturated heterocycles. The van der Waals surface area contributed by atoms with Crippen LogP contribution in [0.3, 0.4) is 0 Å². The normalized spacial score (nSPS) is 17.3. The fourth-order valence-electron chi connectivity index (χ4n) is 3.00. The Bertz CT molecular complexity index is 1040. The summed E-state index contributed by atoms with van der Waals surface area (Å²) >= 11 is 1.40. The van der Waals surface area contributed by atoms with Gasteiger partial charge in [-0.05, 0) is 61.2 Å². The maximum atomic E-state index is 12.7. The number of aryl methyl sites for hydroxylation is 1. The van der Waals surface area contributed by atoms with E-state index in [1.54, 1.807) is 11.9 Å². The van der Waals surface area contributed by atoms with Gasteiger partial charge in [0.2, 0.25) is 0 Å². The smallest absolute Gasteiger partial charge is 0.266 e. The summed E-state index contributed by atoms with van der Waals surface area (Å²) in [4.78, 5) is 19.6. The third-order valence-corrected chi connectivity index (χ3v) is 5.44. The average Bonchev–Trinajstić information content (AvgIpc) is 3.18. The van der Waals surface area contributed by atoms with Crippen molar-refractivity contribution in [2.24, 2.45) is 4.99 Å². The van der Waals surface area contributed by atoms with Crippen LogP contribution < -0.4 is 0 Å². The average molecular weight is 373 g/mol. The Balaban J connectivity index is 1.70. The highest BCUT2D eigenvalue weighted by Gasteiger charge is 2.30. The van der Waals surface area contributed by atoms with Crippen LogP contribution in [0.2, 0.25) is 0 Å². The van der Waals surface area contributed by atoms with Crippen molar-refractivity contribution in [3.63, 3.8) is 0 Å². The van der Waals surface area contributed by atoms with Gasteiger partial charge in [-0.1, -0.05) is 36.4 Å². The Hall–Kier alpha value is -3.05. The molecular formula is C22H19N3OS. The van der Waals surface area contributed by atoms with Gasteiger partial charge in [-0.2, -0.15) is 0 Å². The Morgan fingerprint density at radius 2 is 1.59 bits per heavy atom. The number of aliphatic imine (C=N–C) groups is 1. The highest BCUT2D eigenvalue weighted by molar-refractivity contribution is 8.18. The molecule has 0 N–H and O–H groups in total. The highest BCUT2D eigenvalue weighted by atomic mass is 32.2. The summed E-state index contributed by atoms with van der Waals surface area (Å²) in [5.74, 6) is -0.0341. The van der Waals surface area contributed by atoms with E-state index in [9.17, 15) is 4.79 Å². The Labute approximate surface area is 162 Å². The van der Waals surface area contributed by atoms with Crippen LogP contribution >= 0.6 is 11.8 Å². The molecule has 5 heteroatoms. The standard InChI is InChI=1S/C22H19N3OS/c1-16-13-14-19(25(16)18-11-7-4-8-12-18)15-20-21(26)24(2)22(27-20)23-17-9-5-3-6-10-17/h3-15H,1-2H3/b20-15-,23-22?. The number of benzene rings is 2. The van der Waals surface area contributed by atoms with Gasteiger partial charge in [-0.3, -0.25) is 9.69 Å². The quantitative estimate of drug-likeness (QED) is 0.605. The molecule has 0 unspecified atom stereocenters. The van der Waals surface area contributed by atoms with Crippen LogP contribution in [0.4, 0.5) is 5.69 Å². The van der Waals surface area contributed by atoms with Gasteiger partial charge in [0.15, 0.2) is 5.17 Å². The molecule has 1 aliphatic heterocycles. The second kappa shape index (κ2) is 7.29. The topological polar surface area (TPSA) is 37.6 Å². The molecule has 4 nitrogen and oxygen atoms in total. The predicted molar refractivity (Wildman–Crippen MR) is 112 cm³/mol. The van der Waals surface area contributed by atoms with Gasteiger partial charge in [-0.25, -0.2) is 4.99 Å². The van der Waals surface area contributed by atoms with E-state index in [-0.39, 0.29) is 5.91 Å². The van der Waals surface area contributed by atoms with E-state index >= 15 is 0 Å². The summed E-state index contributed by atoms with van der Waals surface area (Å²) in [7, 11) is 1.76. The lowest BCUT2D eigenvalue weighted by Crippen LogP contribution is -2.23. The predicted octanol–water partition coefficient (Wildman–Crippen LogP) is 5.02. The Morgan fingerprint density at radius 1 is 0.926 bits per heavy atom. The molecule has 1 aliphatic rings. The summed E-state index contributed by atoms with van der Waals surface area (Å²) in [6.45, 7) is 2.06. The van der Waals surface area contributed by atoms with E-state index in [1.807, 2.05) is 60.7 Å². The molecule has 1 amide bonds.